The number of hydrogen-bond donors (Lipinski definition) is 0. The van der Waals surface area contributed by atoms with Gasteiger partial charge in [0.05, 0.1) is 6.61 Å². The largest absolute Gasteiger partial charge is 0.491 e. The molecule has 1 fully saturated rings. The number of aryl methyl sites for hydroxylation is 1. The molecule has 2 heteroatoms. The molecule has 1 unspecified atom stereocenters. The van der Waals surface area contributed by atoms with Gasteiger partial charge in [-0.25, -0.2) is 4.39 Å². The molecule has 34 heavy (non-hydrogen) atoms. The van der Waals surface area contributed by atoms with Crippen LogP contribution in [-0.2, 0) is 6.42 Å². The molecule has 0 saturated heterocycles. The molecule has 1 aromatic carbocycles. The summed E-state index contributed by atoms with van der Waals surface area (Å²) >= 11 is 0. The maximum absolute atomic E-state index is 14.4. The summed E-state index contributed by atoms with van der Waals surface area (Å²) in [7, 11) is 0. The molecule has 1 saturated carbocycles. The van der Waals surface area contributed by atoms with Crippen molar-refractivity contribution in [2.24, 2.45) is 17.8 Å². The van der Waals surface area contributed by atoms with Crippen LogP contribution in [-0.4, -0.2) is 6.61 Å². The molecular formula is C32H51FO. The first-order chi connectivity index (χ1) is 16.7. The van der Waals surface area contributed by atoms with E-state index < -0.39 is 0 Å². The summed E-state index contributed by atoms with van der Waals surface area (Å²) < 4.78 is 20.1. The minimum absolute atomic E-state index is 0.204. The van der Waals surface area contributed by atoms with Crippen LogP contribution in [0.25, 0.3) is 0 Å². The molecule has 192 valence electrons. The van der Waals surface area contributed by atoms with Gasteiger partial charge in [0.25, 0.3) is 0 Å². The average molecular weight is 471 g/mol. The Hall–Kier alpha value is -1.31. The Bertz CT molecular complexity index is 716. The van der Waals surface area contributed by atoms with Gasteiger partial charge in [0.15, 0.2) is 11.6 Å². The van der Waals surface area contributed by atoms with Crippen LogP contribution in [0.4, 0.5) is 4.39 Å². The molecule has 0 aromatic heterocycles. The summed E-state index contributed by atoms with van der Waals surface area (Å²) in [6.07, 6.45) is 26.1. The molecule has 0 bridgehead atoms. The first-order valence-corrected chi connectivity index (χ1v) is 14.8. The Kier molecular flexibility index (Phi) is 12.5. The third kappa shape index (κ3) is 9.74. The van der Waals surface area contributed by atoms with E-state index in [2.05, 4.69) is 19.9 Å². The molecule has 0 radical (unpaired) electrons. The molecule has 0 N–H and O–H groups in total. The third-order valence-electron chi connectivity index (χ3n) is 8.52. The van der Waals surface area contributed by atoms with Crippen molar-refractivity contribution in [2.75, 3.05) is 6.61 Å². The number of hydrogen-bond acceptors (Lipinski definition) is 1. The van der Waals surface area contributed by atoms with Gasteiger partial charge in [-0.3, -0.25) is 0 Å². The lowest BCUT2D eigenvalue weighted by Gasteiger charge is -2.30. The summed E-state index contributed by atoms with van der Waals surface area (Å²) in [5.74, 6) is 3.14. The molecule has 0 amide bonds. The van der Waals surface area contributed by atoms with E-state index in [-0.39, 0.29) is 5.82 Å². The lowest BCUT2D eigenvalue weighted by molar-refractivity contribution is 0.235. The monoisotopic (exact) mass is 470 g/mol. The predicted molar refractivity (Wildman–Crippen MR) is 144 cm³/mol. The Morgan fingerprint density at radius 3 is 2.21 bits per heavy atom. The van der Waals surface area contributed by atoms with Gasteiger partial charge in [0.1, 0.15) is 0 Å². The Morgan fingerprint density at radius 2 is 1.53 bits per heavy atom. The minimum Gasteiger partial charge on any atom is -0.491 e. The van der Waals surface area contributed by atoms with E-state index in [1.54, 1.807) is 11.6 Å². The zero-order valence-corrected chi connectivity index (χ0v) is 22.3. The number of benzene rings is 1. The quantitative estimate of drug-likeness (QED) is 0.183. The number of halogens is 1. The van der Waals surface area contributed by atoms with Crippen LogP contribution in [0.2, 0.25) is 0 Å². The van der Waals surface area contributed by atoms with Crippen LogP contribution in [0.15, 0.2) is 29.8 Å². The normalized spacial score (nSPS) is 23.0. The summed E-state index contributed by atoms with van der Waals surface area (Å²) in [6.45, 7) is 5.13. The predicted octanol–water partition coefficient (Wildman–Crippen LogP) is 10.2. The Morgan fingerprint density at radius 1 is 0.794 bits per heavy atom. The van der Waals surface area contributed by atoms with Crippen molar-refractivity contribution >= 4 is 0 Å². The van der Waals surface area contributed by atoms with Crippen molar-refractivity contribution in [1.29, 1.82) is 0 Å². The van der Waals surface area contributed by atoms with Gasteiger partial charge in [0, 0.05) is 0 Å². The van der Waals surface area contributed by atoms with Crippen LogP contribution in [0, 0.1) is 23.6 Å². The highest BCUT2D eigenvalue weighted by molar-refractivity contribution is 5.30. The molecule has 2 aliphatic carbocycles. The van der Waals surface area contributed by atoms with E-state index in [1.165, 1.54) is 89.9 Å². The fourth-order valence-corrected chi connectivity index (χ4v) is 6.04. The van der Waals surface area contributed by atoms with Crippen molar-refractivity contribution in [3.8, 4) is 5.75 Å². The summed E-state index contributed by atoms with van der Waals surface area (Å²) in [6, 6.07) is 5.56. The molecule has 1 aromatic rings. The lowest BCUT2D eigenvalue weighted by Crippen LogP contribution is -2.16. The van der Waals surface area contributed by atoms with Crippen molar-refractivity contribution in [2.45, 2.75) is 129 Å². The zero-order chi connectivity index (χ0) is 24.0. The zero-order valence-electron chi connectivity index (χ0n) is 22.3. The molecule has 1 atom stereocenters. The van der Waals surface area contributed by atoms with Crippen molar-refractivity contribution in [3.05, 3.63) is 41.2 Å². The van der Waals surface area contributed by atoms with Crippen LogP contribution in [0.3, 0.4) is 0 Å². The van der Waals surface area contributed by atoms with E-state index in [4.69, 9.17) is 4.74 Å². The lowest BCUT2D eigenvalue weighted by atomic mass is 9.76. The molecule has 0 heterocycles. The van der Waals surface area contributed by atoms with E-state index in [1.807, 2.05) is 12.1 Å². The van der Waals surface area contributed by atoms with E-state index in [9.17, 15) is 4.39 Å². The second kappa shape index (κ2) is 15.6. The molecule has 0 aliphatic heterocycles. The highest BCUT2D eigenvalue weighted by atomic mass is 19.1. The first-order valence-electron chi connectivity index (χ1n) is 14.8. The van der Waals surface area contributed by atoms with Crippen LogP contribution in [0.5, 0.6) is 5.75 Å². The van der Waals surface area contributed by atoms with E-state index in [0.717, 1.165) is 49.0 Å². The second-order valence-electron chi connectivity index (χ2n) is 11.3. The SMILES string of the molecule is CCCCCCOc1ccc(CCC2=CCC(CC[C@H]3CC[C@H](CCCC)CC3)CC2)cc1F. The number of unbranched alkanes of at least 4 members (excludes halogenated alkanes) is 4. The van der Waals surface area contributed by atoms with Gasteiger partial charge in [-0.2, -0.15) is 0 Å². The highest BCUT2D eigenvalue weighted by Crippen LogP contribution is 2.37. The van der Waals surface area contributed by atoms with Gasteiger partial charge < -0.3 is 4.74 Å². The molecule has 3 rings (SSSR count). The summed E-state index contributed by atoms with van der Waals surface area (Å²) in [5.41, 5.74) is 2.68. The van der Waals surface area contributed by atoms with E-state index >= 15 is 0 Å². The molecule has 1 nitrogen and oxygen atoms in total. The standard InChI is InChI=1S/C32H51FO/c1-3-5-7-8-24-34-32-23-22-30(25-31(32)33)21-20-29-18-16-28(17-19-29)15-14-27-12-10-26(11-13-27)9-6-4-2/h18,22-23,25-28H,3-17,19-21,24H2,1-2H3/t26-,27-,28?. The number of allylic oxidation sites excluding steroid dienone is 2. The smallest absolute Gasteiger partial charge is 0.165 e. The van der Waals surface area contributed by atoms with Gasteiger partial charge >= 0.3 is 0 Å². The topological polar surface area (TPSA) is 9.23 Å². The van der Waals surface area contributed by atoms with Gasteiger partial charge in [-0.05, 0) is 80.4 Å². The van der Waals surface area contributed by atoms with E-state index in [0.29, 0.717) is 12.4 Å². The summed E-state index contributed by atoms with van der Waals surface area (Å²) in [5, 5.41) is 0. The van der Waals surface area contributed by atoms with Gasteiger partial charge in [-0.1, -0.05) is 102 Å². The number of ether oxygens (including phenoxy) is 1. The van der Waals surface area contributed by atoms with Crippen LogP contribution < -0.4 is 4.74 Å². The second-order valence-corrected chi connectivity index (χ2v) is 11.3. The average Bonchev–Trinajstić information content (AvgIpc) is 2.87. The summed E-state index contributed by atoms with van der Waals surface area (Å²) in [4.78, 5) is 0. The highest BCUT2D eigenvalue weighted by Gasteiger charge is 2.22. The molecule has 0 spiro atoms. The Balaban J connectivity index is 1.30. The first kappa shape index (κ1) is 27.3. The van der Waals surface area contributed by atoms with Gasteiger partial charge in [0.2, 0.25) is 0 Å². The number of rotatable bonds is 15. The molecular weight excluding hydrogens is 419 g/mol. The maximum atomic E-state index is 14.4. The Labute approximate surface area is 209 Å². The molecule has 2 aliphatic rings. The fraction of sp³-hybridized carbons (Fsp3) is 0.750. The van der Waals surface area contributed by atoms with Gasteiger partial charge in [-0.15, -0.1) is 0 Å². The van der Waals surface area contributed by atoms with Crippen molar-refractivity contribution < 1.29 is 9.13 Å². The maximum Gasteiger partial charge on any atom is 0.165 e. The van der Waals surface area contributed by atoms with Crippen LogP contribution >= 0.6 is 0 Å². The third-order valence-corrected chi connectivity index (χ3v) is 8.52. The minimum atomic E-state index is -0.204. The van der Waals surface area contributed by atoms with Crippen LogP contribution in [0.1, 0.15) is 129 Å². The van der Waals surface area contributed by atoms with Crippen molar-refractivity contribution in [1.82, 2.24) is 0 Å². The fourth-order valence-electron chi connectivity index (χ4n) is 6.04. The van der Waals surface area contributed by atoms with Crippen molar-refractivity contribution in [3.63, 3.8) is 0 Å².